The van der Waals surface area contributed by atoms with E-state index < -0.39 is 0 Å². The number of hydrogen-bond donors (Lipinski definition) is 0. The Kier molecular flexibility index (Phi) is 2.99. The first kappa shape index (κ1) is 12.2. The van der Waals surface area contributed by atoms with Gasteiger partial charge in [-0.2, -0.15) is 0 Å². The zero-order valence-electron chi connectivity index (χ0n) is 10.4. The molecule has 2 aromatic carbocycles. The van der Waals surface area contributed by atoms with Crippen molar-refractivity contribution in [3.63, 3.8) is 0 Å². The van der Waals surface area contributed by atoms with Crippen molar-refractivity contribution in [3.05, 3.63) is 53.8 Å². The summed E-state index contributed by atoms with van der Waals surface area (Å²) in [5.74, 6) is 1.01. The third kappa shape index (κ3) is 2.10. The van der Waals surface area contributed by atoms with E-state index in [9.17, 15) is 4.39 Å². The molecule has 19 heavy (non-hydrogen) atoms. The number of hydrogen-bond acceptors (Lipinski definition) is 1. The topological polar surface area (TPSA) is 17.8 Å². The van der Waals surface area contributed by atoms with Gasteiger partial charge in [-0.1, -0.05) is 18.2 Å². The summed E-state index contributed by atoms with van der Waals surface area (Å²) in [6.45, 7) is 0. The second-order valence-electron chi connectivity index (χ2n) is 4.46. The van der Waals surface area contributed by atoms with Crippen molar-refractivity contribution < 1.29 is 4.39 Å². The maximum absolute atomic E-state index is 13.2. The van der Waals surface area contributed by atoms with Crippen molar-refractivity contribution in [2.24, 2.45) is 7.05 Å². The average Bonchev–Trinajstić information content (AvgIpc) is 2.75. The first-order valence-corrected chi connectivity index (χ1v) is 6.50. The minimum absolute atomic E-state index is 0.272. The van der Waals surface area contributed by atoms with Gasteiger partial charge in [-0.3, -0.25) is 0 Å². The monoisotopic (exact) mass is 274 g/mol. The van der Waals surface area contributed by atoms with Gasteiger partial charge in [-0.25, -0.2) is 9.37 Å². The standard InChI is InChI=1S/C15H12ClFN2/c1-19-14-6-5-12(17)8-13(14)18-15(19)11-4-2-3-10(7-11)9-16/h2-8H,9H2,1H3. The number of aromatic nitrogens is 2. The Morgan fingerprint density at radius 3 is 2.84 bits per heavy atom. The second kappa shape index (κ2) is 4.67. The fourth-order valence-corrected chi connectivity index (χ4v) is 2.39. The third-order valence-electron chi connectivity index (χ3n) is 3.18. The molecule has 0 fully saturated rings. The highest BCUT2D eigenvalue weighted by atomic mass is 35.5. The lowest BCUT2D eigenvalue weighted by Crippen LogP contribution is -1.93. The highest BCUT2D eigenvalue weighted by Gasteiger charge is 2.10. The molecule has 3 aromatic rings. The van der Waals surface area contributed by atoms with Gasteiger partial charge >= 0.3 is 0 Å². The van der Waals surface area contributed by atoms with Crippen LogP contribution < -0.4 is 0 Å². The van der Waals surface area contributed by atoms with Crippen LogP contribution in [0, 0.1) is 5.82 Å². The highest BCUT2D eigenvalue weighted by Crippen LogP contribution is 2.25. The van der Waals surface area contributed by atoms with Crippen LogP contribution in [0.4, 0.5) is 4.39 Å². The molecule has 0 radical (unpaired) electrons. The molecule has 1 aromatic heterocycles. The van der Waals surface area contributed by atoms with Gasteiger partial charge in [0.25, 0.3) is 0 Å². The summed E-state index contributed by atoms with van der Waals surface area (Å²) in [5, 5.41) is 0. The zero-order chi connectivity index (χ0) is 13.4. The maximum Gasteiger partial charge on any atom is 0.140 e. The van der Waals surface area contributed by atoms with Crippen LogP contribution in [0.5, 0.6) is 0 Å². The number of rotatable bonds is 2. The predicted molar refractivity (Wildman–Crippen MR) is 75.7 cm³/mol. The molecule has 3 rings (SSSR count). The van der Waals surface area contributed by atoms with Crippen LogP contribution in [0.3, 0.4) is 0 Å². The molecule has 0 aliphatic carbocycles. The van der Waals surface area contributed by atoms with Crippen LogP contribution in [0.25, 0.3) is 22.4 Å². The lowest BCUT2D eigenvalue weighted by Gasteiger charge is -2.04. The molecule has 2 nitrogen and oxygen atoms in total. The van der Waals surface area contributed by atoms with Gasteiger partial charge in [0.05, 0.1) is 11.0 Å². The van der Waals surface area contributed by atoms with Crippen LogP contribution >= 0.6 is 11.6 Å². The summed E-state index contributed by atoms with van der Waals surface area (Å²) in [7, 11) is 1.93. The van der Waals surface area contributed by atoms with Crippen molar-refractivity contribution >= 4 is 22.6 Å². The van der Waals surface area contributed by atoms with Gasteiger partial charge in [0.15, 0.2) is 0 Å². The fraction of sp³-hybridized carbons (Fsp3) is 0.133. The van der Waals surface area contributed by atoms with Crippen molar-refractivity contribution in [2.45, 2.75) is 5.88 Å². The predicted octanol–water partition coefficient (Wildman–Crippen LogP) is 4.12. The van der Waals surface area contributed by atoms with Crippen molar-refractivity contribution in [1.29, 1.82) is 0 Å². The van der Waals surface area contributed by atoms with Crippen molar-refractivity contribution in [2.75, 3.05) is 0 Å². The van der Waals surface area contributed by atoms with E-state index in [2.05, 4.69) is 4.98 Å². The quantitative estimate of drug-likeness (QED) is 0.643. The molecule has 0 atom stereocenters. The number of aryl methyl sites for hydroxylation is 1. The molecular formula is C15H12ClFN2. The highest BCUT2D eigenvalue weighted by molar-refractivity contribution is 6.17. The molecular weight excluding hydrogens is 263 g/mol. The number of benzene rings is 2. The van der Waals surface area contributed by atoms with Gasteiger partial charge < -0.3 is 4.57 Å². The summed E-state index contributed by atoms with van der Waals surface area (Å²) >= 11 is 5.85. The molecule has 0 spiro atoms. The Balaban J connectivity index is 2.21. The summed E-state index contributed by atoms with van der Waals surface area (Å²) in [4.78, 5) is 4.50. The maximum atomic E-state index is 13.2. The molecule has 1 heterocycles. The Morgan fingerprint density at radius 2 is 2.05 bits per heavy atom. The van der Waals surface area contributed by atoms with E-state index in [-0.39, 0.29) is 5.82 Å². The molecule has 0 amide bonds. The minimum atomic E-state index is -0.272. The van der Waals surface area contributed by atoms with Gasteiger partial charge in [-0.15, -0.1) is 11.6 Å². The van der Waals surface area contributed by atoms with Crippen molar-refractivity contribution in [3.8, 4) is 11.4 Å². The van der Waals surface area contributed by atoms with Crippen LogP contribution in [-0.4, -0.2) is 9.55 Å². The normalized spacial score (nSPS) is 11.1. The number of nitrogens with zero attached hydrogens (tertiary/aromatic N) is 2. The molecule has 0 bridgehead atoms. The smallest absolute Gasteiger partial charge is 0.140 e. The van der Waals surface area contributed by atoms with Crippen LogP contribution in [0.1, 0.15) is 5.56 Å². The fourth-order valence-electron chi connectivity index (χ4n) is 2.22. The molecule has 4 heteroatoms. The number of alkyl halides is 1. The van der Waals surface area contributed by atoms with E-state index in [0.29, 0.717) is 11.4 Å². The first-order valence-electron chi connectivity index (χ1n) is 5.96. The Bertz CT molecular complexity index is 749. The number of fused-ring (bicyclic) bond motifs is 1. The molecule has 0 aliphatic heterocycles. The first-order chi connectivity index (χ1) is 9.19. The average molecular weight is 275 g/mol. The summed E-state index contributed by atoms with van der Waals surface area (Å²) < 4.78 is 15.2. The molecule has 0 saturated carbocycles. The second-order valence-corrected chi connectivity index (χ2v) is 4.73. The Hall–Kier alpha value is -1.87. The van der Waals surface area contributed by atoms with Gasteiger partial charge in [0, 0.05) is 24.6 Å². The number of halogens is 2. The van der Waals surface area contributed by atoms with E-state index in [1.807, 2.05) is 35.9 Å². The lowest BCUT2D eigenvalue weighted by molar-refractivity contribution is 0.629. The van der Waals surface area contributed by atoms with Gasteiger partial charge in [0.2, 0.25) is 0 Å². The minimum Gasteiger partial charge on any atom is -0.327 e. The molecule has 0 N–H and O–H groups in total. The van der Waals surface area contributed by atoms with Crippen LogP contribution in [0.2, 0.25) is 0 Å². The SMILES string of the molecule is Cn1c(-c2cccc(CCl)c2)nc2cc(F)ccc21. The van der Waals surface area contributed by atoms with E-state index >= 15 is 0 Å². The van der Waals surface area contributed by atoms with Crippen LogP contribution in [-0.2, 0) is 12.9 Å². The molecule has 96 valence electrons. The van der Waals surface area contributed by atoms with Crippen LogP contribution in [0.15, 0.2) is 42.5 Å². The number of imidazole rings is 1. The van der Waals surface area contributed by atoms with E-state index in [4.69, 9.17) is 11.6 Å². The van der Waals surface area contributed by atoms with Gasteiger partial charge in [0.1, 0.15) is 11.6 Å². The lowest BCUT2D eigenvalue weighted by atomic mass is 10.1. The van der Waals surface area contributed by atoms with E-state index in [1.165, 1.54) is 12.1 Å². The summed E-state index contributed by atoms with van der Waals surface area (Å²) in [6, 6.07) is 12.5. The molecule has 0 aliphatic rings. The third-order valence-corrected chi connectivity index (χ3v) is 3.49. The Morgan fingerprint density at radius 1 is 1.21 bits per heavy atom. The Labute approximate surface area is 115 Å². The summed E-state index contributed by atoms with van der Waals surface area (Å²) in [6.07, 6.45) is 0. The molecule has 0 saturated heterocycles. The summed E-state index contributed by atoms with van der Waals surface area (Å²) in [5.41, 5.74) is 3.59. The van der Waals surface area contributed by atoms with Gasteiger partial charge in [-0.05, 0) is 23.8 Å². The van der Waals surface area contributed by atoms with E-state index in [0.717, 1.165) is 22.5 Å². The molecule has 0 unspecified atom stereocenters. The van der Waals surface area contributed by atoms with Crippen molar-refractivity contribution in [1.82, 2.24) is 9.55 Å². The largest absolute Gasteiger partial charge is 0.327 e. The van der Waals surface area contributed by atoms with E-state index in [1.54, 1.807) is 6.07 Å². The zero-order valence-corrected chi connectivity index (χ0v) is 11.2.